The highest BCUT2D eigenvalue weighted by Gasteiger charge is 2.79. The predicted octanol–water partition coefficient (Wildman–Crippen LogP) is 0.644. The number of Topliss-reactive ketones (excluding diaryl/α,β-unsaturated/α-hetero) is 1. The number of aliphatic hydroxyl groups excluding tert-OH is 4. The Morgan fingerprint density at radius 2 is 1.60 bits per heavy atom. The first-order valence-electron chi connectivity index (χ1n) is 18.0. The van der Waals surface area contributed by atoms with Crippen LogP contribution in [0.2, 0.25) is 0 Å². The van der Waals surface area contributed by atoms with Gasteiger partial charge in [0.25, 0.3) is 0 Å². The Kier molecular flexibility index (Phi) is 10.2. The van der Waals surface area contributed by atoms with Crippen LogP contribution in [0.4, 0.5) is 0 Å². The number of methoxy groups -OCH3 is 1. The minimum absolute atomic E-state index is 0.0415. The number of fused-ring (bicyclic) bond motifs is 5. The predicted molar refractivity (Wildman–Crippen MR) is 173 cm³/mol. The number of esters is 1. The first-order valence-corrected chi connectivity index (χ1v) is 18.0. The van der Waals surface area contributed by atoms with Crippen molar-refractivity contribution in [1.29, 1.82) is 0 Å². The molecule has 6 aliphatic rings. The first kappa shape index (κ1) is 38.2. The monoisotopic (exact) mass is 712 g/mol. The molecule has 14 heteroatoms. The summed E-state index contributed by atoms with van der Waals surface area (Å²) >= 11 is 0. The average molecular weight is 713 g/mol. The molecule has 4 aliphatic carbocycles. The van der Waals surface area contributed by atoms with E-state index in [0.29, 0.717) is 25.7 Å². The van der Waals surface area contributed by atoms with Crippen LogP contribution in [0.3, 0.4) is 0 Å². The maximum Gasteiger partial charge on any atom is 0.303 e. The maximum atomic E-state index is 12.8. The molecular weight excluding hydrogens is 656 g/mol. The van der Waals surface area contributed by atoms with Crippen molar-refractivity contribution in [2.24, 2.45) is 22.7 Å². The Morgan fingerprint density at radius 1 is 0.900 bits per heavy atom. The van der Waals surface area contributed by atoms with Crippen molar-refractivity contribution in [3.63, 3.8) is 0 Å². The molecule has 0 bridgehead atoms. The van der Waals surface area contributed by atoms with Crippen molar-refractivity contribution in [3.8, 4) is 0 Å². The highest BCUT2D eigenvalue weighted by atomic mass is 16.7. The van der Waals surface area contributed by atoms with E-state index < -0.39 is 107 Å². The highest BCUT2D eigenvalue weighted by molar-refractivity contribution is 5.80. The lowest BCUT2D eigenvalue weighted by atomic mass is 9.42. The van der Waals surface area contributed by atoms with E-state index in [4.69, 9.17) is 28.4 Å². The molecule has 2 heterocycles. The lowest BCUT2D eigenvalue weighted by Crippen LogP contribution is -2.79. The molecule has 0 aromatic carbocycles. The molecule has 0 radical (unpaired) electrons. The second-order valence-electron chi connectivity index (χ2n) is 16.2. The number of hydrogen-bond donors (Lipinski definition) is 6. The van der Waals surface area contributed by atoms with Gasteiger partial charge in [-0.05, 0) is 64.7 Å². The van der Waals surface area contributed by atoms with Gasteiger partial charge in [-0.2, -0.15) is 0 Å². The molecule has 3 saturated carbocycles. The quantitative estimate of drug-likeness (QED) is 0.158. The summed E-state index contributed by atoms with van der Waals surface area (Å²) in [5.74, 6) is -2.40. The largest absolute Gasteiger partial charge is 0.459 e. The Hall–Kier alpha value is -1.56. The summed E-state index contributed by atoms with van der Waals surface area (Å²) in [7, 11) is 1.38. The minimum atomic E-state index is -1.81. The van der Waals surface area contributed by atoms with E-state index in [-0.39, 0.29) is 31.1 Å². The fourth-order valence-corrected chi connectivity index (χ4v) is 10.9. The van der Waals surface area contributed by atoms with Gasteiger partial charge in [-0.25, -0.2) is 0 Å². The number of carbonyl (C=O) groups is 2. The van der Waals surface area contributed by atoms with E-state index in [1.807, 2.05) is 13.0 Å². The third-order valence-electron chi connectivity index (χ3n) is 13.5. The molecule has 14 nitrogen and oxygen atoms in total. The molecule has 50 heavy (non-hydrogen) atoms. The van der Waals surface area contributed by atoms with Gasteiger partial charge in [0.1, 0.15) is 53.6 Å². The van der Waals surface area contributed by atoms with Crippen molar-refractivity contribution >= 4 is 11.8 Å². The van der Waals surface area contributed by atoms with Gasteiger partial charge in [0, 0.05) is 37.7 Å². The van der Waals surface area contributed by atoms with E-state index in [1.165, 1.54) is 21.0 Å². The molecule has 0 amide bonds. The van der Waals surface area contributed by atoms with Gasteiger partial charge < -0.3 is 59.1 Å². The molecule has 2 aliphatic heterocycles. The maximum absolute atomic E-state index is 12.8. The number of carbonyl (C=O) groups excluding carboxylic acids is 2. The molecule has 284 valence electrons. The van der Waals surface area contributed by atoms with Crippen LogP contribution >= 0.6 is 0 Å². The standard InChI is InChI=1S/C36H56O14/c1-16(37)22-10-13-36(44)34(22,6)31(42)29(48-19(4)38)30-33(5)11-9-21(14-20(33)8-12-35(30,36)43)49-24-15-23(39)27(18(3)46-24)50-32-26(41)28(45-7)25(40)17(2)47-32/h8,17-18,21-32,39-44H,9-15H2,1-7H3/t17-,18-,21+,22-,23-,24+,25-,26-,27-,28-,29+,30-,31-,32+,33+,34+,35+,36+/m1/s1. The van der Waals surface area contributed by atoms with Crippen LogP contribution in [0.25, 0.3) is 0 Å². The molecule has 18 atom stereocenters. The number of aliphatic hydroxyl groups is 6. The fourth-order valence-electron chi connectivity index (χ4n) is 10.9. The second kappa shape index (κ2) is 13.4. The van der Waals surface area contributed by atoms with Crippen LogP contribution in [0.5, 0.6) is 0 Å². The Labute approximate surface area is 293 Å². The van der Waals surface area contributed by atoms with E-state index in [2.05, 4.69) is 0 Å². The first-order chi connectivity index (χ1) is 23.3. The number of rotatable bonds is 7. The van der Waals surface area contributed by atoms with Gasteiger partial charge >= 0.3 is 5.97 Å². The third-order valence-corrected chi connectivity index (χ3v) is 13.5. The zero-order valence-corrected chi connectivity index (χ0v) is 30.1. The smallest absolute Gasteiger partial charge is 0.303 e. The van der Waals surface area contributed by atoms with Gasteiger partial charge in [0.15, 0.2) is 12.6 Å². The van der Waals surface area contributed by atoms with Crippen molar-refractivity contribution in [2.75, 3.05) is 7.11 Å². The fraction of sp³-hybridized carbons (Fsp3) is 0.889. The molecule has 0 aromatic rings. The van der Waals surface area contributed by atoms with Crippen molar-refractivity contribution < 1.29 is 68.6 Å². The van der Waals surface area contributed by atoms with Crippen LogP contribution in [0.1, 0.15) is 86.5 Å². The Bertz CT molecular complexity index is 1330. The Balaban J connectivity index is 1.17. The minimum Gasteiger partial charge on any atom is -0.459 e. The highest BCUT2D eigenvalue weighted by Crippen LogP contribution is 2.70. The lowest BCUT2D eigenvalue weighted by Gasteiger charge is -2.67. The van der Waals surface area contributed by atoms with Gasteiger partial charge in [-0.15, -0.1) is 0 Å². The van der Waals surface area contributed by atoms with Crippen molar-refractivity contribution in [1.82, 2.24) is 0 Å². The molecule has 6 rings (SSSR count). The molecular formula is C36H56O14. The summed E-state index contributed by atoms with van der Waals surface area (Å²) < 4.78 is 35.3. The van der Waals surface area contributed by atoms with Crippen LogP contribution < -0.4 is 0 Å². The van der Waals surface area contributed by atoms with E-state index >= 15 is 0 Å². The lowest BCUT2D eigenvalue weighted by molar-refractivity contribution is -0.342. The zero-order chi connectivity index (χ0) is 36.7. The topological polar surface area (TPSA) is 211 Å². The number of hydrogen-bond acceptors (Lipinski definition) is 14. The summed E-state index contributed by atoms with van der Waals surface area (Å²) in [6, 6.07) is 0. The summed E-state index contributed by atoms with van der Waals surface area (Å²) in [6.07, 6.45) is -7.35. The Morgan fingerprint density at radius 3 is 2.22 bits per heavy atom. The van der Waals surface area contributed by atoms with Gasteiger partial charge in [-0.3, -0.25) is 9.59 Å². The van der Waals surface area contributed by atoms with E-state index in [1.54, 1.807) is 20.8 Å². The van der Waals surface area contributed by atoms with Crippen molar-refractivity contribution in [3.05, 3.63) is 11.6 Å². The normalized spacial score (nSPS) is 53.4. The second-order valence-corrected chi connectivity index (χ2v) is 16.2. The summed E-state index contributed by atoms with van der Waals surface area (Å²) in [6.45, 7) is 9.65. The summed E-state index contributed by atoms with van der Waals surface area (Å²) in [5.41, 5.74) is -4.87. The molecule has 0 aromatic heterocycles. The molecule has 6 N–H and O–H groups in total. The molecule has 5 fully saturated rings. The van der Waals surface area contributed by atoms with E-state index in [0.717, 1.165) is 5.57 Å². The van der Waals surface area contributed by atoms with E-state index in [9.17, 15) is 40.2 Å². The molecule has 2 saturated heterocycles. The molecule has 0 unspecified atom stereocenters. The summed E-state index contributed by atoms with van der Waals surface area (Å²) in [5, 5.41) is 69.2. The van der Waals surface area contributed by atoms with Crippen molar-refractivity contribution in [2.45, 2.75) is 171 Å². The SMILES string of the molecule is CO[C@H]1[C@@H](O)[C@H](O[C@H]2[C@H](O)C[C@H](O[C@H]3CC[C@@]4(C)C(=CC[C@]5(O)[C@@H]4[C@H](OC(C)=O)[C@@H](O)[C@]4(C)[C@@H](C(C)=O)CC[C@]45O)C3)O[C@@H]2C)O[C@H](C)[C@H]1O. The van der Waals surface area contributed by atoms with Crippen LogP contribution in [-0.2, 0) is 38.0 Å². The van der Waals surface area contributed by atoms with Crippen LogP contribution in [0, 0.1) is 22.7 Å². The number of ether oxygens (including phenoxy) is 6. The van der Waals surface area contributed by atoms with Gasteiger partial charge in [-0.1, -0.05) is 25.5 Å². The number of ketones is 1. The summed E-state index contributed by atoms with van der Waals surface area (Å²) in [4.78, 5) is 25.3. The zero-order valence-electron chi connectivity index (χ0n) is 30.1. The van der Waals surface area contributed by atoms with Gasteiger partial charge in [0.05, 0.1) is 24.4 Å². The van der Waals surface area contributed by atoms with Gasteiger partial charge in [0.2, 0.25) is 0 Å². The average Bonchev–Trinajstić information content (AvgIpc) is 3.33. The third kappa shape index (κ3) is 5.64. The van der Waals surface area contributed by atoms with Crippen LogP contribution in [-0.4, -0.2) is 134 Å². The molecule has 0 spiro atoms. The van der Waals surface area contributed by atoms with Crippen LogP contribution in [0.15, 0.2) is 11.6 Å².